The summed E-state index contributed by atoms with van der Waals surface area (Å²) in [5.74, 6) is 0.550. The molecule has 0 saturated heterocycles. The number of anilines is 2. The normalized spacial score (nSPS) is 18.4. The first kappa shape index (κ1) is 20.2. The summed E-state index contributed by atoms with van der Waals surface area (Å²) in [4.78, 5) is 22.0. The number of fused-ring (bicyclic) bond motifs is 1. The van der Waals surface area contributed by atoms with Gasteiger partial charge in [0.2, 0.25) is 0 Å². The SMILES string of the molecule is O=C(Nc1ccccc1)c1cccc(-c2cn3ccnc3c(NC3CCC(O)CC3)n2)c1. The third-order valence-electron chi connectivity index (χ3n) is 5.86. The Bertz CT molecular complexity index is 1230. The van der Waals surface area contributed by atoms with Gasteiger partial charge in [-0.25, -0.2) is 9.97 Å². The van der Waals surface area contributed by atoms with Crippen LogP contribution < -0.4 is 10.6 Å². The lowest BCUT2D eigenvalue weighted by atomic mass is 9.93. The molecule has 0 bridgehead atoms. The van der Waals surface area contributed by atoms with E-state index in [9.17, 15) is 9.90 Å². The van der Waals surface area contributed by atoms with Gasteiger partial charge in [0.15, 0.2) is 11.5 Å². The predicted molar refractivity (Wildman–Crippen MR) is 125 cm³/mol. The van der Waals surface area contributed by atoms with Gasteiger partial charge in [-0.15, -0.1) is 0 Å². The smallest absolute Gasteiger partial charge is 0.255 e. The van der Waals surface area contributed by atoms with E-state index in [1.165, 1.54) is 0 Å². The summed E-state index contributed by atoms with van der Waals surface area (Å²) in [5, 5.41) is 16.2. The van der Waals surface area contributed by atoms with Crippen LogP contribution in [0.5, 0.6) is 0 Å². The van der Waals surface area contributed by atoms with E-state index in [1.54, 1.807) is 12.3 Å². The molecule has 32 heavy (non-hydrogen) atoms. The Balaban J connectivity index is 1.43. The molecular weight excluding hydrogens is 402 g/mol. The van der Waals surface area contributed by atoms with Crippen LogP contribution in [0.25, 0.3) is 16.9 Å². The lowest BCUT2D eigenvalue weighted by molar-refractivity contribution is 0.102. The number of nitrogens with zero attached hydrogens (tertiary/aromatic N) is 3. The number of benzene rings is 2. The van der Waals surface area contributed by atoms with Gasteiger partial charge in [0.05, 0.1) is 11.8 Å². The topological polar surface area (TPSA) is 91.6 Å². The fourth-order valence-electron chi connectivity index (χ4n) is 4.13. The lowest BCUT2D eigenvalue weighted by Crippen LogP contribution is -2.28. The maximum atomic E-state index is 12.7. The molecule has 7 heteroatoms. The number of imidazole rings is 1. The summed E-state index contributed by atoms with van der Waals surface area (Å²) in [6, 6.07) is 17.1. The third-order valence-corrected chi connectivity index (χ3v) is 5.86. The highest BCUT2D eigenvalue weighted by molar-refractivity contribution is 6.04. The Morgan fingerprint density at radius 2 is 1.84 bits per heavy atom. The van der Waals surface area contributed by atoms with Crippen LogP contribution in [0.1, 0.15) is 36.0 Å². The number of carbonyl (C=O) groups is 1. The molecule has 5 rings (SSSR count). The Morgan fingerprint density at radius 3 is 2.66 bits per heavy atom. The molecule has 4 aromatic rings. The summed E-state index contributed by atoms with van der Waals surface area (Å²) < 4.78 is 1.94. The number of aliphatic hydroxyl groups excluding tert-OH is 1. The molecule has 2 heterocycles. The fourth-order valence-corrected chi connectivity index (χ4v) is 4.13. The van der Waals surface area contributed by atoms with E-state index in [0.717, 1.165) is 48.3 Å². The van der Waals surface area contributed by atoms with Gasteiger partial charge in [-0.1, -0.05) is 30.3 Å². The van der Waals surface area contributed by atoms with Crippen LogP contribution in [0.4, 0.5) is 11.5 Å². The minimum Gasteiger partial charge on any atom is -0.393 e. The number of carbonyl (C=O) groups excluding carboxylic acids is 1. The molecule has 0 spiro atoms. The van der Waals surface area contributed by atoms with Crippen LogP contribution in [0.2, 0.25) is 0 Å². The van der Waals surface area contributed by atoms with E-state index in [0.29, 0.717) is 11.4 Å². The molecule has 0 aliphatic heterocycles. The van der Waals surface area contributed by atoms with Crippen LogP contribution in [0, 0.1) is 0 Å². The number of hydrogen-bond acceptors (Lipinski definition) is 5. The Hall–Kier alpha value is -3.71. The van der Waals surface area contributed by atoms with Gasteiger partial charge in [-0.05, 0) is 49.9 Å². The summed E-state index contributed by atoms with van der Waals surface area (Å²) in [6.07, 6.45) is 8.74. The number of hydrogen-bond donors (Lipinski definition) is 3. The number of amides is 1. The zero-order valence-corrected chi connectivity index (χ0v) is 17.6. The van der Waals surface area contributed by atoms with Crippen molar-refractivity contribution >= 4 is 23.1 Å². The summed E-state index contributed by atoms with van der Waals surface area (Å²) in [6.45, 7) is 0. The van der Waals surface area contributed by atoms with Crippen molar-refractivity contribution in [2.75, 3.05) is 10.6 Å². The maximum absolute atomic E-state index is 12.7. The molecule has 0 radical (unpaired) electrons. The van der Waals surface area contributed by atoms with Crippen molar-refractivity contribution in [2.45, 2.75) is 37.8 Å². The van der Waals surface area contributed by atoms with Gasteiger partial charge >= 0.3 is 0 Å². The number of nitrogens with one attached hydrogen (secondary N) is 2. The van der Waals surface area contributed by atoms with E-state index in [2.05, 4.69) is 15.6 Å². The Morgan fingerprint density at radius 1 is 1.03 bits per heavy atom. The van der Waals surface area contributed by atoms with E-state index >= 15 is 0 Å². The molecule has 1 saturated carbocycles. The van der Waals surface area contributed by atoms with Gasteiger partial charge in [-0.3, -0.25) is 4.79 Å². The Labute approximate surface area is 186 Å². The Kier molecular flexibility index (Phi) is 5.56. The first-order valence-electron chi connectivity index (χ1n) is 10.9. The zero-order chi connectivity index (χ0) is 21.9. The minimum atomic E-state index is -0.205. The molecular formula is C25H25N5O2. The van der Waals surface area contributed by atoms with E-state index in [1.807, 2.05) is 65.3 Å². The number of para-hydroxylation sites is 1. The van der Waals surface area contributed by atoms with Crippen molar-refractivity contribution in [1.82, 2.24) is 14.4 Å². The molecule has 1 fully saturated rings. The molecule has 162 valence electrons. The molecule has 7 nitrogen and oxygen atoms in total. The van der Waals surface area contributed by atoms with Gasteiger partial charge in [0.25, 0.3) is 5.91 Å². The first-order valence-corrected chi connectivity index (χ1v) is 10.9. The van der Waals surface area contributed by atoms with Crippen LogP contribution >= 0.6 is 0 Å². The van der Waals surface area contributed by atoms with Crippen LogP contribution in [-0.4, -0.2) is 37.5 Å². The van der Waals surface area contributed by atoms with Crippen LogP contribution in [-0.2, 0) is 0 Å². The average Bonchev–Trinajstić information content (AvgIpc) is 3.30. The van der Waals surface area contributed by atoms with Crippen molar-refractivity contribution in [1.29, 1.82) is 0 Å². The summed E-state index contributed by atoms with van der Waals surface area (Å²) >= 11 is 0. The van der Waals surface area contributed by atoms with Gasteiger partial charge in [-0.2, -0.15) is 0 Å². The van der Waals surface area contributed by atoms with Crippen molar-refractivity contribution in [2.24, 2.45) is 0 Å². The number of aromatic nitrogens is 3. The van der Waals surface area contributed by atoms with Gasteiger partial charge in [0.1, 0.15) is 0 Å². The molecule has 0 atom stereocenters. The molecule has 1 amide bonds. The van der Waals surface area contributed by atoms with E-state index in [4.69, 9.17) is 4.98 Å². The summed E-state index contributed by atoms with van der Waals surface area (Å²) in [5.41, 5.74) is 3.68. The molecule has 0 unspecified atom stereocenters. The standard InChI is InChI=1S/C25H25N5O2/c31-21-11-9-20(10-12-21)27-23-24-26-13-14-30(24)16-22(29-23)17-5-4-6-18(15-17)25(32)28-19-7-2-1-3-8-19/h1-8,13-16,20-21,31H,9-12H2,(H,27,29)(H,28,32). The predicted octanol–water partition coefficient (Wildman–Crippen LogP) is 4.36. The van der Waals surface area contributed by atoms with Crippen LogP contribution in [0.15, 0.2) is 73.2 Å². The fraction of sp³-hybridized carbons (Fsp3) is 0.240. The highest BCUT2D eigenvalue weighted by Crippen LogP contribution is 2.26. The molecule has 2 aromatic carbocycles. The number of rotatable bonds is 5. The second kappa shape index (κ2) is 8.80. The van der Waals surface area contributed by atoms with Crippen LogP contribution in [0.3, 0.4) is 0 Å². The van der Waals surface area contributed by atoms with Gasteiger partial charge < -0.3 is 20.1 Å². The number of aliphatic hydroxyl groups is 1. The monoisotopic (exact) mass is 427 g/mol. The highest BCUT2D eigenvalue weighted by Gasteiger charge is 2.21. The quantitative estimate of drug-likeness (QED) is 0.440. The molecule has 1 aliphatic carbocycles. The van der Waals surface area contributed by atoms with E-state index in [-0.39, 0.29) is 18.1 Å². The van der Waals surface area contributed by atoms with Crippen molar-refractivity contribution in [3.8, 4) is 11.3 Å². The average molecular weight is 428 g/mol. The third kappa shape index (κ3) is 4.33. The first-order chi connectivity index (χ1) is 15.7. The lowest BCUT2D eigenvalue weighted by Gasteiger charge is -2.26. The van der Waals surface area contributed by atoms with E-state index < -0.39 is 0 Å². The summed E-state index contributed by atoms with van der Waals surface area (Å²) in [7, 11) is 0. The second-order valence-electron chi connectivity index (χ2n) is 8.18. The molecule has 1 aliphatic rings. The van der Waals surface area contributed by atoms with Crippen molar-refractivity contribution in [3.63, 3.8) is 0 Å². The van der Waals surface area contributed by atoms with Crippen molar-refractivity contribution < 1.29 is 9.90 Å². The minimum absolute atomic E-state index is 0.166. The molecule has 2 aromatic heterocycles. The second-order valence-corrected chi connectivity index (χ2v) is 8.18. The van der Waals surface area contributed by atoms with Crippen molar-refractivity contribution in [3.05, 3.63) is 78.8 Å². The zero-order valence-electron chi connectivity index (χ0n) is 17.6. The largest absolute Gasteiger partial charge is 0.393 e. The highest BCUT2D eigenvalue weighted by atomic mass is 16.3. The maximum Gasteiger partial charge on any atom is 0.255 e. The van der Waals surface area contributed by atoms with Gasteiger partial charge in [0, 0.05) is 41.4 Å². The molecule has 3 N–H and O–H groups in total.